The molecular formula is C26H37BrClN3O2. The summed E-state index contributed by atoms with van der Waals surface area (Å²) in [7, 11) is 0. The zero-order chi connectivity index (χ0) is 24.2. The van der Waals surface area contributed by atoms with Gasteiger partial charge in [-0.05, 0) is 49.6 Å². The van der Waals surface area contributed by atoms with Crippen LogP contribution >= 0.6 is 27.5 Å². The molecule has 2 amide bonds. The van der Waals surface area contributed by atoms with E-state index in [0.717, 1.165) is 48.8 Å². The Bertz CT molecular complexity index is 867. The van der Waals surface area contributed by atoms with Crippen LogP contribution in [0.4, 0.5) is 0 Å². The predicted molar refractivity (Wildman–Crippen MR) is 139 cm³/mol. The molecule has 0 radical (unpaired) electrons. The van der Waals surface area contributed by atoms with Crippen LogP contribution < -0.4 is 0 Å². The normalized spacial score (nSPS) is 11.9. The highest BCUT2D eigenvalue weighted by Gasteiger charge is 2.24. The van der Waals surface area contributed by atoms with Crippen LogP contribution in [-0.2, 0) is 22.7 Å². The maximum atomic E-state index is 13.3. The van der Waals surface area contributed by atoms with Crippen molar-refractivity contribution in [3.63, 3.8) is 0 Å². The van der Waals surface area contributed by atoms with Crippen molar-refractivity contribution in [2.75, 3.05) is 19.6 Å². The van der Waals surface area contributed by atoms with E-state index in [4.69, 9.17) is 11.6 Å². The summed E-state index contributed by atoms with van der Waals surface area (Å²) in [5.41, 5.74) is 2.28. The van der Waals surface area contributed by atoms with E-state index in [-0.39, 0.29) is 18.4 Å². The molecule has 0 bridgehead atoms. The first-order valence-electron chi connectivity index (χ1n) is 11.9. The summed E-state index contributed by atoms with van der Waals surface area (Å²) in [4.78, 5) is 29.5. The van der Waals surface area contributed by atoms with Gasteiger partial charge >= 0.3 is 0 Å². The van der Waals surface area contributed by atoms with Gasteiger partial charge in [0.2, 0.25) is 11.8 Å². The fourth-order valence-corrected chi connectivity index (χ4v) is 4.11. The van der Waals surface area contributed by atoms with Gasteiger partial charge in [0.25, 0.3) is 0 Å². The van der Waals surface area contributed by atoms with Crippen LogP contribution in [0, 0.1) is 0 Å². The van der Waals surface area contributed by atoms with Crippen molar-refractivity contribution in [1.82, 2.24) is 14.4 Å². The first-order chi connectivity index (χ1) is 15.8. The van der Waals surface area contributed by atoms with E-state index in [9.17, 15) is 9.59 Å². The Kier molecular flexibility index (Phi) is 12.0. The molecule has 0 aliphatic carbocycles. The molecule has 0 spiro atoms. The van der Waals surface area contributed by atoms with E-state index >= 15 is 0 Å². The van der Waals surface area contributed by atoms with Crippen LogP contribution in [0.3, 0.4) is 0 Å². The minimum absolute atomic E-state index is 0.0259. The molecule has 2 rings (SSSR count). The second-order valence-electron chi connectivity index (χ2n) is 8.51. The molecule has 0 aliphatic rings. The SMILES string of the molecule is CCCCCN(CC(=O)N(CCCC)Cc1cccn1Cc1ccc(Br)cc1)C(=O)C(C)Cl. The molecule has 7 heteroatoms. The monoisotopic (exact) mass is 537 g/mol. The minimum atomic E-state index is -0.633. The van der Waals surface area contributed by atoms with E-state index in [1.807, 2.05) is 23.1 Å². The van der Waals surface area contributed by atoms with E-state index < -0.39 is 5.38 Å². The lowest BCUT2D eigenvalue weighted by atomic mass is 10.2. The smallest absolute Gasteiger partial charge is 0.242 e. The molecular weight excluding hydrogens is 502 g/mol. The lowest BCUT2D eigenvalue weighted by molar-refractivity contribution is -0.140. The van der Waals surface area contributed by atoms with Crippen molar-refractivity contribution < 1.29 is 9.59 Å². The molecule has 0 saturated heterocycles. The van der Waals surface area contributed by atoms with Gasteiger partial charge in [0.05, 0.1) is 13.1 Å². The van der Waals surface area contributed by atoms with Gasteiger partial charge < -0.3 is 14.4 Å². The fourth-order valence-electron chi connectivity index (χ4n) is 3.70. The van der Waals surface area contributed by atoms with Crippen LogP contribution in [-0.4, -0.2) is 51.2 Å². The summed E-state index contributed by atoms with van der Waals surface area (Å²) in [6, 6.07) is 12.4. The fraction of sp³-hybridized carbons (Fsp3) is 0.538. The Hall–Kier alpha value is -1.79. The third-order valence-corrected chi connectivity index (χ3v) is 6.40. The molecule has 0 fully saturated rings. The van der Waals surface area contributed by atoms with Crippen molar-refractivity contribution in [2.45, 2.75) is 71.3 Å². The molecule has 0 aliphatic heterocycles. The highest BCUT2D eigenvalue weighted by atomic mass is 79.9. The number of benzene rings is 1. The molecule has 5 nitrogen and oxygen atoms in total. The molecule has 1 aromatic carbocycles. The molecule has 1 atom stereocenters. The first-order valence-corrected chi connectivity index (χ1v) is 13.2. The number of alkyl halides is 1. The largest absolute Gasteiger partial charge is 0.345 e. The van der Waals surface area contributed by atoms with E-state index in [0.29, 0.717) is 19.6 Å². The topological polar surface area (TPSA) is 45.6 Å². The van der Waals surface area contributed by atoms with Gasteiger partial charge in [0, 0.05) is 36.0 Å². The van der Waals surface area contributed by atoms with E-state index in [2.05, 4.69) is 58.7 Å². The average Bonchev–Trinajstić information content (AvgIpc) is 3.23. The third-order valence-electron chi connectivity index (χ3n) is 5.69. The summed E-state index contributed by atoms with van der Waals surface area (Å²) in [5, 5.41) is -0.633. The lowest BCUT2D eigenvalue weighted by Crippen LogP contribution is -2.45. The highest BCUT2D eigenvalue weighted by Crippen LogP contribution is 2.15. The van der Waals surface area contributed by atoms with E-state index in [1.54, 1.807) is 11.8 Å². The van der Waals surface area contributed by atoms with Gasteiger partial charge in [-0.2, -0.15) is 0 Å². The van der Waals surface area contributed by atoms with Gasteiger partial charge in [0.1, 0.15) is 5.38 Å². The zero-order valence-electron chi connectivity index (χ0n) is 20.1. The van der Waals surface area contributed by atoms with Gasteiger partial charge in [-0.3, -0.25) is 9.59 Å². The van der Waals surface area contributed by atoms with E-state index in [1.165, 1.54) is 5.56 Å². The number of aromatic nitrogens is 1. The molecule has 0 N–H and O–H groups in total. The Morgan fingerprint density at radius 3 is 2.30 bits per heavy atom. The molecule has 1 unspecified atom stereocenters. The number of halogens is 2. The number of nitrogens with zero attached hydrogens (tertiary/aromatic N) is 3. The highest BCUT2D eigenvalue weighted by molar-refractivity contribution is 9.10. The van der Waals surface area contributed by atoms with Crippen molar-refractivity contribution in [3.8, 4) is 0 Å². The predicted octanol–water partition coefficient (Wildman–Crippen LogP) is 6.07. The Labute approximate surface area is 212 Å². The number of unbranched alkanes of at least 4 members (excludes halogenated alkanes) is 3. The maximum absolute atomic E-state index is 13.3. The van der Waals surface area contributed by atoms with Crippen molar-refractivity contribution >= 4 is 39.3 Å². The van der Waals surface area contributed by atoms with Crippen LogP contribution in [0.15, 0.2) is 47.1 Å². The van der Waals surface area contributed by atoms with Crippen LogP contribution in [0.1, 0.15) is 64.1 Å². The van der Waals surface area contributed by atoms with Crippen LogP contribution in [0.2, 0.25) is 0 Å². The number of amides is 2. The Morgan fingerprint density at radius 1 is 1.00 bits per heavy atom. The summed E-state index contributed by atoms with van der Waals surface area (Å²) in [6.45, 7) is 8.50. The third kappa shape index (κ3) is 9.17. The summed E-state index contributed by atoms with van der Waals surface area (Å²) < 4.78 is 3.24. The van der Waals surface area contributed by atoms with Gasteiger partial charge in [0.15, 0.2) is 0 Å². The van der Waals surface area contributed by atoms with Crippen molar-refractivity contribution in [2.24, 2.45) is 0 Å². The standard InChI is InChI=1S/C26H37BrClN3O2/c1-4-6-8-16-31(26(33)21(3)28)20-25(32)30(15-7-5-2)19-24-10-9-17-29(24)18-22-11-13-23(27)14-12-22/h9-14,17,21H,4-8,15-16,18-20H2,1-3H3. The maximum Gasteiger partial charge on any atom is 0.242 e. The Morgan fingerprint density at radius 2 is 1.67 bits per heavy atom. The molecule has 1 aromatic heterocycles. The van der Waals surface area contributed by atoms with Gasteiger partial charge in [-0.15, -0.1) is 11.6 Å². The second-order valence-corrected chi connectivity index (χ2v) is 10.1. The number of carbonyl (C=O) groups excluding carboxylic acids is 2. The molecule has 0 saturated carbocycles. The van der Waals surface area contributed by atoms with Gasteiger partial charge in [-0.1, -0.05) is 61.2 Å². The zero-order valence-corrected chi connectivity index (χ0v) is 22.4. The number of hydrogen-bond acceptors (Lipinski definition) is 2. The van der Waals surface area contributed by atoms with Crippen molar-refractivity contribution in [1.29, 1.82) is 0 Å². The average molecular weight is 539 g/mol. The summed E-state index contributed by atoms with van der Waals surface area (Å²) in [6.07, 6.45) is 6.94. The van der Waals surface area contributed by atoms with Crippen LogP contribution in [0.5, 0.6) is 0 Å². The van der Waals surface area contributed by atoms with Gasteiger partial charge in [-0.25, -0.2) is 0 Å². The second kappa shape index (κ2) is 14.5. The number of carbonyl (C=O) groups is 2. The summed E-state index contributed by atoms with van der Waals surface area (Å²) in [5.74, 6) is -0.197. The summed E-state index contributed by atoms with van der Waals surface area (Å²) >= 11 is 9.56. The molecule has 1 heterocycles. The Balaban J connectivity index is 2.13. The molecule has 33 heavy (non-hydrogen) atoms. The molecule has 182 valence electrons. The van der Waals surface area contributed by atoms with Crippen molar-refractivity contribution in [3.05, 3.63) is 58.3 Å². The van der Waals surface area contributed by atoms with Crippen LogP contribution in [0.25, 0.3) is 0 Å². The quantitative estimate of drug-likeness (QED) is 0.216. The minimum Gasteiger partial charge on any atom is -0.345 e. The lowest BCUT2D eigenvalue weighted by Gasteiger charge is -2.29. The number of hydrogen-bond donors (Lipinski definition) is 0. The number of rotatable bonds is 14. The first kappa shape index (κ1) is 27.5. The molecule has 2 aromatic rings.